The van der Waals surface area contributed by atoms with Crippen molar-refractivity contribution >= 4 is 5.91 Å². The fourth-order valence-electron chi connectivity index (χ4n) is 1.89. The van der Waals surface area contributed by atoms with E-state index in [1.807, 2.05) is 6.07 Å². The zero-order chi connectivity index (χ0) is 15.8. The average Bonchev–Trinajstić information content (AvgIpc) is 2.58. The monoisotopic (exact) mass is 292 g/mol. The van der Waals surface area contributed by atoms with E-state index in [-0.39, 0.29) is 5.91 Å². The first-order chi connectivity index (χ1) is 10.7. The Bertz CT molecular complexity index is 700. The molecule has 1 amide bonds. The van der Waals surface area contributed by atoms with Crippen molar-refractivity contribution in [2.75, 3.05) is 6.61 Å². The second kappa shape index (κ2) is 7.65. The molecular formula is C18H16N2O2. The summed E-state index contributed by atoms with van der Waals surface area (Å²) in [4.78, 5) is 12.1. The number of nitrogens with one attached hydrogen (secondary N) is 1. The minimum absolute atomic E-state index is 0.169. The molecule has 0 saturated heterocycles. The van der Waals surface area contributed by atoms with Gasteiger partial charge in [-0.25, -0.2) is 0 Å². The molecule has 0 aliphatic carbocycles. The molecule has 22 heavy (non-hydrogen) atoms. The highest BCUT2D eigenvalue weighted by Gasteiger charge is 2.05. The number of amides is 1. The van der Waals surface area contributed by atoms with Crippen molar-refractivity contribution in [3.05, 3.63) is 77.9 Å². The highest BCUT2D eigenvalue weighted by atomic mass is 16.5. The Morgan fingerprint density at radius 2 is 2.05 bits per heavy atom. The van der Waals surface area contributed by atoms with Crippen LogP contribution in [0, 0.1) is 11.3 Å². The van der Waals surface area contributed by atoms with Gasteiger partial charge in [-0.3, -0.25) is 4.79 Å². The van der Waals surface area contributed by atoms with E-state index < -0.39 is 0 Å². The number of hydrogen-bond donors (Lipinski definition) is 1. The number of carbonyl (C=O) groups is 1. The first-order valence-corrected chi connectivity index (χ1v) is 6.84. The van der Waals surface area contributed by atoms with E-state index in [4.69, 9.17) is 10.00 Å². The minimum Gasteiger partial charge on any atom is -0.490 e. The molecule has 4 nitrogen and oxygen atoms in total. The van der Waals surface area contributed by atoms with Crippen LogP contribution in [0.15, 0.2) is 61.2 Å². The van der Waals surface area contributed by atoms with Crippen LogP contribution in [0.4, 0.5) is 0 Å². The van der Waals surface area contributed by atoms with Crippen molar-refractivity contribution in [1.82, 2.24) is 5.32 Å². The summed E-state index contributed by atoms with van der Waals surface area (Å²) >= 11 is 0. The summed E-state index contributed by atoms with van der Waals surface area (Å²) in [7, 11) is 0. The number of benzene rings is 2. The molecular weight excluding hydrogens is 276 g/mol. The van der Waals surface area contributed by atoms with Crippen molar-refractivity contribution in [3.63, 3.8) is 0 Å². The van der Waals surface area contributed by atoms with Crippen LogP contribution in [0.1, 0.15) is 21.5 Å². The standard InChI is InChI=1S/C18H16N2O2/c1-2-10-22-17-8-6-16(7-9-17)18(21)20-13-15-5-3-4-14(11-15)12-19/h2-9,11H,1,10,13H2,(H,20,21). The minimum atomic E-state index is -0.169. The first kappa shape index (κ1) is 15.3. The molecule has 0 heterocycles. The Kier molecular flexibility index (Phi) is 5.33. The second-order valence-corrected chi connectivity index (χ2v) is 4.62. The Labute approximate surface area is 129 Å². The maximum atomic E-state index is 12.1. The molecule has 0 aromatic heterocycles. The van der Waals surface area contributed by atoms with Crippen molar-refractivity contribution in [1.29, 1.82) is 5.26 Å². The number of nitrogens with zero attached hydrogens (tertiary/aromatic N) is 1. The molecule has 0 aliphatic rings. The normalized spacial score (nSPS) is 9.59. The summed E-state index contributed by atoms with van der Waals surface area (Å²) in [6, 6.07) is 16.1. The quantitative estimate of drug-likeness (QED) is 0.832. The van der Waals surface area contributed by atoms with Gasteiger partial charge >= 0.3 is 0 Å². The van der Waals surface area contributed by atoms with E-state index in [1.165, 1.54) is 0 Å². The number of ether oxygens (including phenoxy) is 1. The van der Waals surface area contributed by atoms with Crippen LogP contribution in [0.2, 0.25) is 0 Å². The van der Waals surface area contributed by atoms with Crippen LogP contribution < -0.4 is 10.1 Å². The van der Waals surface area contributed by atoms with Gasteiger partial charge in [0.25, 0.3) is 5.91 Å². The molecule has 0 fully saturated rings. The summed E-state index contributed by atoms with van der Waals surface area (Å²) in [5, 5.41) is 11.7. The van der Waals surface area contributed by atoms with Crippen LogP contribution >= 0.6 is 0 Å². The highest BCUT2D eigenvalue weighted by Crippen LogP contribution is 2.12. The summed E-state index contributed by atoms with van der Waals surface area (Å²) in [5.74, 6) is 0.524. The van der Waals surface area contributed by atoms with E-state index in [2.05, 4.69) is 18.0 Å². The highest BCUT2D eigenvalue weighted by molar-refractivity contribution is 5.94. The third-order valence-corrected chi connectivity index (χ3v) is 2.99. The van der Waals surface area contributed by atoms with E-state index in [0.717, 1.165) is 5.56 Å². The van der Waals surface area contributed by atoms with Crippen molar-refractivity contribution in [2.45, 2.75) is 6.54 Å². The first-order valence-electron chi connectivity index (χ1n) is 6.84. The van der Waals surface area contributed by atoms with Gasteiger partial charge in [0.1, 0.15) is 12.4 Å². The van der Waals surface area contributed by atoms with Gasteiger partial charge in [-0.1, -0.05) is 24.8 Å². The van der Waals surface area contributed by atoms with Gasteiger partial charge in [-0.2, -0.15) is 5.26 Å². The van der Waals surface area contributed by atoms with Gasteiger partial charge in [-0.15, -0.1) is 0 Å². The lowest BCUT2D eigenvalue weighted by Crippen LogP contribution is -2.22. The zero-order valence-corrected chi connectivity index (χ0v) is 12.1. The molecule has 2 rings (SSSR count). The third-order valence-electron chi connectivity index (χ3n) is 2.99. The van der Waals surface area contributed by atoms with Crippen LogP contribution in [0.5, 0.6) is 5.75 Å². The van der Waals surface area contributed by atoms with Crippen molar-refractivity contribution in [3.8, 4) is 11.8 Å². The fraction of sp³-hybridized carbons (Fsp3) is 0.111. The lowest BCUT2D eigenvalue weighted by molar-refractivity contribution is 0.0951. The van der Waals surface area contributed by atoms with E-state index >= 15 is 0 Å². The summed E-state index contributed by atoms with van der Waals surface area (Å²) < 4.78 is 5.36. The summed E-state index contributed by atoms with van der Waals surface area (Å²) in [6.07, 6.45) is 1.66. The van der Waals surface area contributed by atoms with Crippen LogP contribution in [0.3, 0.4) is 0 Å². The summed E-state index contributed by atoms with van der Waals surface area (Å²) in [6.45, 7) is 4.39. The van der Waals surface area contributed by atoms with Gasteiger partial charge in [0.05, 0.1) is 11.6 Å². The van der Waals surface area contributed by atoms with Crippen LogP contribution in [0.25, 0.3) is 0 Å². The third kappa shape index (κ3) is 4.22. The van der Waals surface area contributed by atoms with Gasteiger partial charge in [-0.05, 0) is 42.0 Å². The van der Waals surface area contributed by atoms with Gasteiger partial charge in [0.2, 0.25) is 0 Å². The molecule has 0 saturated carbocycles. The number of nitriles is 1. The Balaban J connectivity index is 1.94. The van der Waals surface area contributed by atoms with Gasteiger partial charge in [0.15, 0.2) is 0 Å². The number of carbonyl (C=O) groups excluding carboxylic acids is 1. The molecule has 0 unspecified atom stereocenters. The van der Waals surface area contributed by atoms with Gasteiger partial charge in [0, 0.05) is 12.1 Å². The second-order valence-electron chi connectivity index (χ2n) is 4.62. The Morgan fingerprint density at radius 1 is 1.27 bits per heavy atom. The van der Waals surface area contributed by atoms with Crippen LogP contribution in [-0.4, -0.2) is 12.5 Å². The molecule has 0 aliphatic heterocycles. The molecule has 0 radical (unpaired) electrons. The molecule has 0 atom stereocenters. The molecule has 1 N–H and O–H groups in total. The predicted molar refractivity (Wildman–Crippen MR) is 84.5 cm³/mol. The topological polar surface area (TPSA) is 62.1 Å². The van der Waals surface area contributed by atoms with Crippen molar-refractivity contribution < 1.29 is 9.53 Å². The number of rotatable bonds is 6. The van der Waals surface area contributed by atoms with E-state index in [1.54, 1.807) is 48.5 Å². The maximum absolute atomic E-state index is 12.1. The van der Waals surface area contributed by atoms with Gasteiger partial charge < -0.3 is 10.1 Å². The predicted octanol–water partition coefficient (Wildman–Crippen LogP) is 3.05. The molecule has 110 valence electrons. The number of hydrogen-bond acceptors (Lipinski definition) is 3. The lowest BCUT2D eigenvalue weighted by atomic mass is 10.1. The van der Waals surface area contributed by atoms with Crippen LogP contribution in [-0.2, 0) is 6.54 Å². The SMILES string of the molecule is C=CCOc1ccc(C(=O)NCc2cccc(C#N)c2)cc1. The van der Waals surface area contributed by atoms with E-state index in [0.29, 0.717) is 30.0 Å². The molecule has 0 spiro atoms. The molecule has 2 aromatic rings. The molecule has 0 bridgehead atoms. The van der Waals surface area contributed by atoms with Crippen molar-refractivity contribution in [2.24, 2.45) is 0 Å². The Hall–Kier alpha value is -3.06. The average molecular weight is 292 g/mol. The lowest BCUT2D eigenvalue weighted by Gasteiger charge is -2.07. The maximum Gasteiger partial charge on any atom is 0.251 e. The van der Waals surface area contributed by atoms with E-state index in [9.17, 15) is 4.79 Å². The molecule has 2 aromatic carbocycles. The fourth-order valence-corrected chi connectivity index (χ4v) is 1.89. The summed E-state index contributed by atoms with van der Waals surface area (Å²) in [5.41, 5.74) is 2.02. The molecule has 4 heteroatoms. The Morgan fingerprint density at radius 3 is 2.73 bits per heavy atom. The largest absolute Gasteiger partial charge is 0.490 e. The zero-order valence-electron chi connectivity index (χ0n) is 12.1. The smallest absolute Gasteiger partial charge is 0.251 e.